The molecule has 0 bridgehead atoms. The van der Waals surface area contributed by atoms with Gasteiger partial charge in [-0.05, 0) is 39.2 Å². The van der Waals surface area contributed by atoms with Gasteiger partial charge in [-0.1, -0.05) is 22.9 Å². The van der Waals surface area contributed by atoms with Gasteiger partial charge < -0.3 is 4.90 Å². The van der Waals surface area contributed by atoms with Crippen molar-refractivity contribution in [1.29, 1.82) is 0 Å². The highest BCUT2D eigenvalue weighted by atomic mass is 35.5. The zero-order valence-electron chi connectivity index (χ0n) is 14.6. The summed E-state index contributed by atoms with van der Waals surface area (Å²) in [6.07, 6.45) is 6.93. The summed E-state index contributed by atoms with van der Waals surface area (Å²) in [5, 5.41) is 18.4. The Kier molecular flexibility index (Phi) is 4.73. The predicted octanol–water partition coefficient (Wildman–Crippen LogP) is 3.06. The van der Waals surface area contributed by atoms with Gasteiger partial charge in [0.2, 0.25) is 0 Å². The molecule has 3 aromatic rings. The van der Waals surface area contributed by atoms with E-state index in [-0.39, 0.29) is 0 Å². The maximum Gasteiger partial charge on any atom is 0.273 e. The largest absolute Gasteiger partial charge is 0.348 e. The van der Waals surface area contributed by atoms with Gasteiger partial charge >= 0.3 is 0 Å². The first-order chi connectivity index (χ1) is 12.6. The fourth-order valence-corrected chi connectivity index (χ4v) is 4.16. The summed E-state index contributed by atoms with van der Waals surface area (Å²) >= 11 is 7.87. The van der Waals surface area contributed by atoms with Crippen LogP contribution in [-0.4, -0.2) is 48.9 Å². The van der Waals surface area contributed by atoms with Gasteiger partial charge in [-0.3, -0.25) is 0 Å². The third-order valence-electron chi connectivity index (χ3n) is 4.24. The molecule has 3 aromatic heterocycles. The lowest BCUT2D eigenvalue weighted by molar-refractivity contribution is 0.577. The molecule has 0 saturated carbocycles. The average molecular weight is 391 g/mol. The Bertz CT molecular complexity index is 934. The van der Waals surface area contributed by atoms with Crippen LogP contribution in [0.5, 0.6) is 0 Å². The number of hydrogen-bond acceptors (Lipinski definition) is 7. The molecule has 26 heavy (non-hydrogen) atoms. The molecule has 136 valence electrons. The number of piperidine rings is 1. The van der Waals surface area contributed by atoms with Gasteiger partial charge in [-0.25, -0.2) is 9.67 Å². The molecule has 10 heteroatoms. The van der Waals surface area contributed by atoms with E-state index >= 15 is 0 Å². The van der Waals surface area contributed by atoms with Gasteiger partial charge in [0, 0.05) is 18.8 Å². The second kappa shape index (κ2) is 7.16. The molecule has 0 unspecified atom stereocenters. The number of nitrogens with zero attached hydrogens (tertiary/aromatic N) is 8. The van der Waals surface area contributed by atoms with E-state index in [4.69, 9.17) is 11.6 Å². The molecule has 0 atom stereocenters. The molecule has 1 fully saturated rings. The van der Waals surface area contributed by atoms with E-state index in [1.807, 2.05) is 19.9 Å². The predicted molar refractivity (Wildman–Crippen MR) is 103 cm³/mol. The van der Waals surface area contributed by atoms with E-state index in [2.05, 4.69) is 30.3 Å². The summed E-state index contributed by atoms with van der Waals surface area (Å²) in [7, 11) is 0. The first kappa shape index (κ1) is 17.2. The van der Waals surface area contributed by atoms with Crippen molar-refractivity contribution in [2.45, 2.75) is 33.1 Å². The van der Waals surface area contributed by atoms with Crippen LogP contribution in [0, 0.1) is 13.8 Å². The lowest BCUT2D eigenvalue weighted by Crippen LogP contribution is -2.29. The molecular weight excluding hydrogens is 372 g/mol. The number of aryl methyl sites for hydroxylation is 2. The van der Waals surface area contributed by atoms with E-state index in [0.29, 0.717) is 11.1 Å². The van der Waals surface area contributed by atoms with Crippen LogP contribution < -0.4 is 4.90 Å². The zero-order valence-corrected chi connectivity index (χ0v) is 16.2. The Hall–Kier alpha value is -2.26. The number of halogens is 1. The minimum atomic E-state index is 0.472. The van der Waals surface area contributed by atoms with Crippen molar-refractivity contribution >= 4 is 34.3 Å². The van der Waals surface area contributed by atoms with Crippen molar-refractivity contribution in [3.8, 4) is 5.95 Å². The van der Waals surface area contributed by atoms with Crippen molar-refractivity contribution < 1.29 is 0 Å². The molecule has 1 aliphatic heterocycles. The SMILES string of the molecule is Cc1cc(C)n(-c2nncn2/N=C\c2sc(N3CCCCC3)nc2Cl)n1. The van der Waals surface area contributed by atoms with Gasteiger partial charge in [0.05, 0.1) is 16.8 Å². The Morgan fingerprint density at radius 3 is 2.77 bits per heavy atom. The van der Waals surface area contributed by atoms with Crippen LogP contribution >= 0.6 is 22.9 Å². The quantitative estimate of drug-likeness (QED) is 0.640. The molecule has 1 saturated heterocycles. The van der Waals surface area contributed by atoms with E-state index < -0.39 is 0 Å². The van der Waals surface area contributed by atoms with Crippen molar-refractivity contribution in [3.05, 3.63) is 33.8 Å². The molecule has 0 amide bonds. The van der Waals surface area contributed by atoms with Crippen molar-refractivity contribution in [3.63, 3.8) is 0 Å². The minimum absolute atomic E-state index is 0.472. The molecule has 4 rings (SSSR count). The summed E-state index contributed by atoms with van der Waals surface area (Å²) in [4.78, 5) is 7.60. The fourth-order valence-electron chi connectivity index (χ4n) is 2.99. The Balaban J connectivity index is 1.59. The second-order valence-corrected chi connectivity index (χ2v) is 7.63. The standard InChI is InChI=1S/C16H19ClN8S/c1-11-8-12(2)25(22-11)15-21-18-10-24(15)19-9-13-14(17)20-16(26-13)23-6-4-3-5-7-23/h8-10H,3-7H2,1-2H3/b19-9-. The molecule has 0 N–H and O–H groups in total. The summed E-state index contributed by atoms with van der Waals surface area (Å²) < 4.78 is 3.29. The van der Waals surface area contributed by atoms with Crippen molar-refractivity contribution in [1.82, 2.24) is 29.6 Å². The van der Waals surface area contributed by atoms with Gasteiger partial charge in [0.15, 0.2) is 10.3 Å². The summed E-state index contributed by atoms with van der Waals surface area (Å²) in [6, 6.07) is 1.98. The fraction of sp³-hybridized carbons (Fsp3) is 0.438. The normalized spacial score (nSPS) is 15.3. The van der Waals surface area contributed by atoms with Gasteiger partial charge in [-0.15, -0.1) is 10.2 Å². The van der Waals surface area contributed by atoms with Crippen LogP contribution in [-0.2, 0) is 0 Å². The summed E-state index contributed by atoms with van der Waals surface area (Å²) in [5.74, 6) is 0.531. The summed E-state index contributed by atoms with van der Waals surface area (Å²) in [6.45, 7) is 5.97. The van der Waals surface area contributed by atoms with E-state index in [0.717, 1.165) is 34.5 Å². The summed E-state index contributed by atoms with van der Waals surface area (Å²) in [5.41, 5.74) is 1.88. The van der Waals surface area contributed by atoms with Crippen LogP contribution in [0.3, 0.4) is 0 Å². The highest BCUT2D eigenvalue weighted by molar-refractivity contribution is 7.17. The highest BCUT2D eigenvalue weighted by Crippen LogP contribution is 2.30. The molecule has 8 nitrogen and oxygen atoms in total. The second-order valence-electron chi connectivity index (χ2n) is 6.26. The topological polar surface area (TPSA) is 77.0 Å². The van der Waals surface area contributed by atoms with Gasteiger partial charge in [0.1, 0.15) is 6.33 Å². The zero-order chi connectivity index (χ0) is 18.1. The number of aromatic nitrogens is 6. The highest BCUT2D eigenvalue weighted by Gasteiger charge is 2.17. The number of rotatable bonds is 4. The lowest BCUT2D eigenvalue weighted by Gasteiger charge is -2.25. The smallest absolute Gasteiger partial charge is 0.273 e. The van der Waals surface area contributed by atoms with E-state index in [9.17, 15) is 0 Å². The molecule has 0 aliphatic carbocycles. The maximum atomic E-state index is 6.31. The van der Waals surface area contributed by atoms with Crippen LogP contribution in [0.25, 0.3) is 5.95 Å². The van der Waals surface area contributed by atoms with E-state index in [1.165, 1.54) is 19.3 Å². The average Bonchev–Trinajstić information content (AvgIpc) is 3.32. The Morgan fingerprint density at radius 1 is 1.23 bits per heavy atom. The Morgan fingerprint density at radius 2 is 2.04 bits per heavy atom. The number of hydrogen-bond donors (Lipinski definition) is 0. The lowest BCUT2D eigenvalue weighted by atomic mass is 10.1. The Labute approximate surface area is 160 Å². The van der Waals surface area contributed by atoms with Crippen LogP contribution in [0.4, 0.5) is 5.13 Å². The maximum absolute atomic E-state index is 6.31. The monoisotopic (exact) mass is 390 g/mol. The third-order valence-corrected chi connectivity index (χ3v) is 5.69. The minimum Gasteiger partial charge on any atom is -0.348 e. The first-order valence-corrected chi connectivity index (χ1v) is 9.70. The molecule has 0 radical (unpaired) electrons. The molecule has 4 heterocycles. The molecule has 0 spiro atoms. The van der Waals surface area contributed by atoms with Crippen LogP contribution in [0.1, 0.15) is 35.5 Å². The number of thiazole rings is 1. The molecular formula is C16H19ClN8S. The van der Waals surface area contributed by atoms with Crippen molar-refractivity contribution in [2.75, 3.05) is 18.0 Å². The molecule has 0 aromatic carbocycles. The third kappa shape index (κ3) is 3.36. The first-order valence-electron chi connectivity index (χ1n) is 8.51. The van der Waals surface area contributed by atoms with Gasteiger partial charge in [0.25, 0.3) is 5.95 Å². The van der Waals surface area contributed by atoms with Gasteiger partial charge in [-0.2, -0.15) is 14.9 Å². The van der Waals surface area contributed by atoms with Crippen LogP contribution in [0.2, 0.25) is 5.15 Å². The van der Waals surface area contributed by atoms with E-state index in [1.54, 1.807) is 33.2 Å². The van der Waals surface area contributed by atoms with Crippen molar-refractivity contribution in [2.24, 2.45) is 5.10 Å². The van der Waals surface area contributed by atoms with Crippen LogP contribution in [0.15, 0.2) is 17.5 Å². The molecule has 1 aliphatic rings. The number of anilines is 1.